The summed E-state index contributed by atoms with van der Waals surface area (Å²) in [5.74, 6) is 0.945. The normalized spacial score (nSPS) is 15.9. The lowest BCUT2D eigenvalue weighted by molar-refractivity contribution is -0.119. The first kappa shape index (κ1) is 28.4. The molecule has 5 rings (SSSR count). The second kappa shape index (κ2) is 11.8. The largest absolute Gasteiger partial charge is 0.493 e. The maximum atomic E-state index is 13.5. The maximum absolute atomic E-state index is 13.5. The molecule has 0 radical (unpaired) electrons. The van der Waals surface area contributed by atoms with Gasteiger partial charge < -0.3 is 30.2 Å². The third-order valence-electron chi connectivity index (χ3n) is 7.51. The van der Waals surface area contributed by atoms with E-state index in [1.807, 2.05) is 12.1 Å². The van der Waals surface area contributed by atoms with Crippen LogP contribution >= 0.6 is 11.3 Å². The van der Waals surface area contributed by atoms with Crippen LogP contribution < -0.4 is 35.6 Å². The van der Waals surface area contributed by atoms with E-state index in [4.69, 9.17) is 14.2 Å². The predicted molar refractivity (Wildman–Crippen MR) is 159 cm³/mol. The molecule has 2 amide bonds. The molecule has 3 aromatic rings. The number of aromatic nitrogens is 1. The molecule has 0 saturated heterocycles. The summed E-state index contributed by atoms with van der Waals surface area (Å²) in [4.78, 5) is 44.4. The van der Waals surface area contributed by atoms with Gasteiger partial charge in [-0.25, -0.2) is 4.98 Å². The Balaban J connectivity index is 1.54. The van der Waals surface area contributed by atoms with Crippen molar-refractivity contribution in [1.82, 2.24) is 10.3 Å². The predicted octanol–water partition coefficient (Wildman–Crippen LogP) is 4.25. The van der Waals surface area contributed by atoms with Crippen LogP contribution in [0.15, 0.2) is 29.1 Å². The molecule has 0 spiro atoms. The van der Waals surface area contributed by atoms with Gasteiger partial charge in [0, 0.05) is 17.4 Å². The maximum Gasteiger partial charge on any atom is 0.248 e. The number of ether oxygens (including phenoxy) is 3. The third-order valence-corrected chi connectivity index (χ3v) is 8.58. The molecule has 2 aromatic carbocycles. The van der Waals surface area contributed by atoms with Crippen molar-refractivity contribution in [2.75, 3.05) is 32.0 Å². The van der Waals surface area contributed by atoms with Gasteiger partial charge in [-0.15, -0.1) is 11.3 Å². The van der Waals surface area contributed by atoms with E-state index in [1.165, 1.54) is 29.2 Å². The first-order valence-electron chi connectivity index (χ1n) is 13.6. The van der Waals surface area contributed by atoms with Crippen molar-refractivity contribution in [1.29, 1.82) is 0 Å². The molecule has 0 saturated carbocycles. The van der Waals surface area contributed by atoms with E-state index in [1.54, 1.807) is 34.3 Å². The van der Waals surface area contributed by atoms with Crippen molar-refractivity contribution in [2.24, 2.45) is 0 Å². The van der Waals surface area contributed by atoms with Crippen LogP contribution in [-0.4, -0.2) is 44.2 Å². The molecule has 3 N–H and O–H groups in total. The molecule has 10 nitrogen and oxygen atoms in total. The van der Waals surface area contributed by atoms with Gasteiger partial charge in [0.25, 0.3) is 0 Å². The van der Waals surface area contributed by atoms with Crippen molar-refractivity contribution in [3.8, 4) is 28.4 Å². The van der Waals surface area contributed by atoms with Gasteiger partial charge >= 0.3 is 0 Å². The smallest absolute Gasteiger partial charge is 0.248 e. The lowest BCUT2D eigenvalue weighted by atomic mass is 9.95. The fourth-order valence-corrected chi connectivity index (χ4v) is 6.64. The van der Waals surface area contributed by atoms with Gasteiger partial charge in [0.15, 0.2) is 16.6 Å². The minimum atomic E-state index is -0.707. The standard InChI is InChI=1S/C30H34N4O6S/c1-15(29(37)34-30-33-22-7-6-8-25(22)41-30)31-21-12-10-18-19(14-23(21)36)20(32-16(2)35)11-9-17-13-24(38-3)27(39-4)28(40-5)26(17)18/h10,12-15,20H,6-9,11H2,1-5H3,(H,31,36)(H,32,35)(H,33,34,37)/t15-,20-/m0/s1. The fraction of sp³-hybridized carbons (Fsp3) is 0.400. The van der Waals surface area contributed by atoms with Crippen LogP contribution in [0.2, 0.25) is 0 Å². The number of nitrogens with one attached hydrogen (secondary N) is 3. The van der Waals surface area contributed by atoms with E-state index in [9.17, 15) is 14.4 Å². The minimum absolute atomic E-state index is 0.204. The summed E-state index contributed by atoms with van der Waals surface area (Å²) in [6, 6.07) is 5.79. The molecule has 2 aliphatic rings. The second-order valence-corrected chi connectivity index (χ2v) is 11.3. The SMILES string of the molecule is COc1cc2c(c(OC)c1OC)-c1ccc(N[C@@H](C)C(=O)Nc3nc4c(s3)CCC4)c(=O)cc1[C@@H](NC(C)=O)CC2. The highest BCUT2D eigenvalue weighted by Gasteiger charge is 2.30. The Labute approximate surface area is 242 Å². The van der Waals surface area contributed by atoms with Crippen molar-refractivity contribution in [2.45, 2.75) is 58.0 Å². The fourth-order valence-electron chi connectivity index (χ4n) is 5.58. The molecular formula is C30H34N4O6S. The number of carbonyl (C=O) groups excluding carboxylic acids is 2. The van der Waals surface area contributed by atoms with E-state index in [2.05, 4.69) is 20.9 Å². The number of methoxy groups -OCH3 is 3. The topological polar surface area (TPSA) is 128 Å². The summed E-state index contributed by atoms with van der Waals surface area (Å²) in [5.41, 5.74) is 4.07. The molecule has 2 aliphatic carbocycles. The number of amides is 2. The zero-order chi connectivity index (χ0) is 29.3. The van der Waals surface area contributed by atoms with E-state index in [0.717, 1.165) is 36.1 Å². The number of fused-ring (bicyclic) bond motifs is 4. The number of hydrogen-bond donors (Lipinski definition) is 3. The van der Waals surface area contributed by atoms with Crippen molar-refractivity contribution in [3.05, 3.63) is 56.2 Å². The number of nitrogens with zero attached hydrogens (tertiary/aromatic N) is 1. The van der Waals surface area contributed by atoms with Crippen molar-refractivity contribution in [3.63, 3.8) is 0 Å². The molecule has 11 heteroatoms. The Morgan fingerprint density at radius 3 is 2.51 bits per heavy atom. The Morgan fingerprint density at radius 1 is 1.05 bits per heavy atom. The number of rotatable bonds is 8. The van der Waals surface area contributed by atoms with Crippen LogP contribution in [0.1, 0.15) is 54.4 Å². The zero-order valence-corrected chi connectivity index (χ0v) is 24.6. The highest BCUT2D eigenvalue weighted by atomic mass is 32.1. The first-order valence-corrected chi connectivity index (χ1v) is 14.4. The van der Waals surface area contributed by atoms with Crippen LogP contribution in [0.25, 0.3) is 11.1 Å². The van der Waals surface area contributed by atoms with E-state index >= 15 is 0 Å². The molecule has 1 aromatic heterocycles. The van der Waals surface area contributed by atoms with Gasteiger partial charge in [0.1, 0.15) is 6.04 Å². The van der Waals surface area contributed by atoms with E-state index < -0.39 is 12.1 Å². The van der Waals surface area contributed by atoms with Gasteiger partial charge in [0.05, 0.1) is 38.8 Å². The van der Waals surface area contributed by atoms with Crippen molar-refractivity contribution < 1.29 is 23.8 Å². The number of benzene rings is 1. The lowest BCUT2D eigenvalue weighted by Gasteiger charge is -2.19. The number of anilines is 2. The summed E-state index contributed by atoms with van der Waals surface area (Å²) < 4.78 is 17.0. The van der Waals surface area contributed by atoms with Crippen LogP contribution in [0, 0.1) is 0 Å². The van der Waals surface area contributed by atoms with Gasteiger partial charge in [-0.3, -0.25) is 14.4 Å². The first-order chi connectivity index (χ1) is 19.7. The second-order valence-electron chi connectivity index (χ2n) is 10.2. The molecule has 0 aliphatic heterocycles. The summed E-state index contributed by atoms with van der Waals surface area (Å²) in [7, 11) is 4.66. The van der Waals surface area contributed by atoms with Crippen LogP contribution in [0.5, 0.6) is 17.2 Å². The van der Waals surface area contributed by atoms with Crippen molar-refractivity contribution >= 4 is 34.0 Å². The van der Waals surface area contributed by atoms with E-state index in [-0.39, 0.29) is 22.9 Å². The number of aryl methyl sites for hydroxylation is 3. The third kappa shape index (κ3) is 5.58. The summed E-state index contributed by atoms with van der Waals surface area (Å²) in [6.07, 6.45) is 4.19. The molecule has 216 valence electrons. The van der Waals surface area contributed by atoms with Crippen LogP contribution in [0.3, 0.4) is 0 Å². The van der Waals surface area contributed by atoms with Gasteiger partial charge in [0.2, 0.25) is 23.0 Å². The Kier molecular flexibility index (Phi) is 8.16. The number of hydrogen-bond acceptors (Lipinski definition) is 9. The zero-order valence-electron chi connectivity index (χ0n) is 23.8. The molecule has 0 bridgehead atoms. The van der Waals surface area contributed by atoms with Gasteiger partial charge in [-0.05, 0) is 73.9 Å². The average molecular weight is 579 g/mol. The Morgan fingerprint density at radius 2 is 1.83 bits per heavy atom. The number of thiazole rings is 1. The van der Waals surface area contributed by atoms with E-state index in [0.29, 0.717) is 46.3 Å². The van der Waals surface area contributed by atoms with Crippen LogP contribution in [0.4, 0.5) is 10.8 Å². The number of carbonyl (C=O) groups is 2. The van der Waals surface area contributed by atoms with Gasteiger partial charge in [-0.2, -0.15) is 0 Å². The molecule has 1 heterocycles. The molecule has 2 atom stereocenters. The highest BCUT2D eigenvalue weighted by Crippen LogP contribution is 2.50. The minimum Gasteiger partial charge on any atom is -0.493 e. The molecule has 0 fully saturated rings. The quantitative estimate of drug-likeness (QED) is 0.362. The monoisotopic (exact) mass is 578 g/mol. The molecule has 41 heavy (non-hydrogen) atoms. The Hall–Kier alpha value is -4.12. The van der Waals surface area contributed by atoms with Gasteiger partial charge in [-0.1, -0.05) is 6.07 Å². The summed E-state index contributed by atoms with van der Waals surface area (Å²) in [6.45, 7) is 3.15. The molecule has 0 unspecified atom stereocenters. The Bertz CT molecular complexity index is 1550. The summed E-state index contributed by atoms with van der Waals surface area (Å²) in [5, 5.41) is 9.53. The van der Waals surface area contributed by atoms with Crippen LogP contribution in [-0.2, 0) is 28.9 Å². The molecular weight excluding hydrogens is 544 g/mol. The average Bonchev–Trinajstić information content (AvgIpc) is 3.46. The highest BCUT2D eigenvalue weighted by molar-refractivity contribution is 7.15. The summed E-state index contributed by atoms with van der Waals surface area (Å²) >= 11 is 1.50. The lowest BCUT2D eigenvalue weighted by Crippen LogP contribution is -2.33.